The molecule has 0 aliphatic rings. The van der Waals surface area contributed by atoms with Gasteiger partial charge in [-0.15, -0.1) is 11.3 Å². The molecule has 0 aliphatic heterocycles. The summed E-state index contributed by atoms with van der Waals surface area (Å²) in [6.45, 7) is 0. The van der Waals surface area contributed by atoms with Crippen LogP contribution in [0.25, 0.3) is 0 Å². The fourth-order valence-corrected chi connectivity index (χ4v) is 2.18. The molecule has 0 saturated heterocycles. The Hall–Kier alpha value is -2.41. The maximum Gasteiger partial charge on any atom is 0.333 e. The minimum Gasteiger partial charge on any atom is -0.467 e. The first-order valence-electron chi connectivity index (χ1n) is 5.76. The third kappa shape index (κ3) is 3.12. The standard InChI is InChI=1S/C13H13N3O3S/c1-19-12(18)10(8-5-3-2-4-6-8)16-11(17)9-7-20-13(14)15-9/h2-7,10H,1H3,(H2,14,15)(H,16,17). The number of nitrogen functional groups attached to an aromatic ring is 1. The Bertz CT molecular complexity index is 612. The average Bonchev–Trinajstić information content (AvgIpc) is 2.91. The Morgan fingerprint density at radius 2 is 2.05 bits per heavy atom. The maximum atomic E-state index is 12.0. The van der Waals surface area contributed by atoms with Crippen LogP contribution >= 0.6 is 11.3 Å². The second kappa shape index (κ2) is 6.16. The number of hydrogen-bond donors (Lipinski definition) is 2. The molecule has 0 aliphatic carbocycles. The molecule has 104 valence electrons. The van der Waals surface area contributed by atoms with E-state index in [-0.39, 0.29) is 5.69 Å². The third-order valence-electron chi connectivity index (χ3n) is 2.60. The van der Waals surface area contributed by atoms with Crippen molar-refractivity contribution >= 4 is 28.3 Å². The number of anilines is 1. The SMILES string of the molecule is COC(=O)C(NC(=O)c1csc(N)n1)c1ccccc1. The van der Waals surface area contributed by atoms with Gasteiger partial charge in [0.15, 0.2) is 11.2 Å². The van der Waals surface area contributed by atoms with Gasteiger partial charge >= 0.3 is 5.97 Å². The van der Waals surface area contributed by atoms with Crippen molar-refractivity contribution < 1.29 is 14.3 Å². The van der Waals surface area contributed by atoms with E-state index in [9.17, 15) is 9.59 Å². The summed E-state index contributed by atoms with van der Waals surface area (Å²) in [7, 11) is 1.27. The summed E-state index contributed by atoms with van der Waals surface area (Å²) in [6.07, 6.45) is 0. The number of rotatable bonds is 4. The molecule has 1 amide bonds. The zero-order valence-corrected chi connectivity index (χ0v) is 11.5. The molecular weight excluding hydrogens is 278 g/mol. The zero-order chi connectivity index (χ0) is 14.5. The number of methoxy groups -OCH3 is 1. The number of nitrogens with one attached hydrogen (secondary N) is 1. The van der Waals surface area contributed by atoms with E-state index in [1.54, 1.807) is 24.3 Å². The monoisotopic (exact) mass is 291 g/mol. The number of ether oxygens (including phenoxy) is 1. The highest BCUT2D eigenvalue weighted by Gasteiger charge is 2.24. The molecule has 1 aromatic carbocycles. The first-order chi connectivity index (χ1) is 9.61. The summed E-state index contributed by atoms with van der Waals surface area (Å²) in [6, 6.07) is 7.96. The summed E-state index contributed by atoms with van der Waals surface area (Å²) in [4.78, 5) is 27.7. The smallest absolute Gasteiger partial charge is 0.333 e. The van der Waals surface area contributed by atoms with Gasteiger partial charge < -0.3 is 15.8 Å². The van der Waals surface area contributed by atoms with Gasteiger partial charge in [-0.3, -0.25) is 4.79 Å². The molecule has 2 aromatic rings. The van der Waals surface area contributed by atoms with E-state index >= 15 is 0 Å². The Balaban J connectivity index is 2.21. The molecule has 1 atom stereocenters. The molecule has 1 aromatic heterocycles. The van der Waals surface area contributed by atoms with Gasteiger partial charge in [0.05, 0.1) is 7.11 Å². The highest BCUT2D eigenvalue weighted by atomic mass is 32.1. The van der Waals surface area contributed by atoms with Crippen LogP contribution < -0.4 is 11.1 Å². The first-order valence-corrected chi connectivity index (χ1v) is 6.64. The largest absolute Gasteiger partial charge is 0.467 e. The van der Waals surface area contributed by atoms with Crippen LogP contribution in [-0.2, 0) is 9.53 Å². The van der Waals surface area contributed by atoms with E-state index in [1.165, 1.54) is 12.5 Å². The van der Waals surface area contributed by atoms with Gasteiger partial charge in [-0.25, -0.2) is 9.78 Å². The highest BCUT2D eigenvalue weighted by molar-refractivity contribution is 7.13. The number of amides is 1. The van der Waals surface area contributed by atoms with Crippen molar-refractivity contribution in [1.82, 2.24) is 10.3 Å². The van der Waals surface area contributed by atoms with Gasteiger partial charge in [0, 0.05) is 5.38 Å². The van der Waals surface area contributed by atoms with E-state index in [1.807, 2.05) is 6.07 Å². The van der Waals surface area contributed by atoms with Crippen LogP contribution in [0, 0.1) is 0 Å². The van der Waals surface area contributed by atoms with Gasteiger partial charge in [0.1, 0.15) is 5.69 Å². The van der Waals surface area contributed by atoms with Gasteiger partial charge in [0.25, 0.3) is 5.91 Å². The second-order valence-electron chi connectivity index (χ2n) is 3.91. The molecule has 0 fully saturated rings. The summed E-state index contributed by atoms with van der Waals surface area (Å²) in [5.41, 5.74) is 6.29. The molecule has 0 bridgehead atoms. The Labute approximate surface area is 119 Å². The van der Waals surface area contributed by atoms with Crippen LogP contribution in [0.4, 0.5) is 5.13 Å². The van der Waals surface area contributed by atoms with Crippen LogP contribution in [0.1, 0.15) is 22.1 Å². The second-order valence-corrected chi connectivity index (χ2v) is 4.80. The number of carbonyl (C=O) groups is 2. The van der Waals surface area contributed by atoms with Crippen molar-refractivity contribution in [2.45, 2.75) is 6.04 Å². The summed E-state index contributed by atoms with van der Waals surface area (Å²) < 4.78 is 4.71. The van der Waals surface area contributed by atoms with Gasteiger partial charge in [0.2, 0.25) is 0 Å². The van der Waals surface area contributed by atoms with Crippen LogP contribution in [0.15, 0.2) is 35.7 Å². The Morgan fingerprint density at radius 3 is 2.60 bits per heavy atom. The predicted molar refractivity (Wildman–Crippen MR) is 75.2 cm³/mol. The highest BCUT2D eigenvalue weighted by Crippen LogP contribution is 2.16. The molecule has 1 unspecified atom stereocenters. The fraction of sp³-hybridized carbons (Fsp3) is 0.154. The minimum atomic E-state index is -0.878. The van der Waals surface area contributed by atoms with Crippen molar-refractivity contribution in [3.63, 3.8) is 0 Å². The van der Waals surface area contributed by atoms with E-state index < -0.39 is 17.9 Å². The minimum absolute atomic E-state index is 0.178. The maximum absolute atomic E-state index is 12.0. The first kappa shape index (κ1) is 14.0. The number of carbonyl (C=O) groups excluding carboxylic acids is 2. The van der Waals surface area contributed by atoms with Crippen molar-refractivity contribution in [1.29, 1.82) is 0 Å². The molecule has 1 heterocycles. The molecule has 2 rings (SSSR count). The molecule has 6 nitrogen and oxygen atoms in total. The number of aromatic nitrogens is 1. The van der Waals surface area contributed by atoms with Gasteiger partial charge in [-0.05, 0) is 5.56 Å². The quantitative estimate of drug-likeness (QED) is 0.830. The summed E-state index contributed by atoms with van der Waals surface area (Å²) in [5, 5.41) is 4.42. The molecule has 3 N–H and O–H groups in total. The van der Waals surface area contributed by atoms with Crippen molar-refractivity contribution in [3.8, 4) is 0 Å². The van der Waals surface area contributed by atoms with Crippen LogP contribution in [-0.4, -0.2) is 24.0 Å². The number of benzene rings is 1. The van der Waals surface area contributed by atoms with E-state index in [4.69, 9.17) is 10.5 Å². The number of nitrogens with two attached hydrogens (primary N) is 1. The lowest BCUT2D eigenvalue weighted by Gasteiger charge is -2.16. The number of nitrogens with zero attached hydrogens (tertiary/aromatic N) is 1. The normalized spacial score (nSPS) is 11.7. The lowest BCUT2D eigenvalue weighted by molar-refractivity contribution is -0.143. The summed E-state index contributed by atoms with van der Waals surface area (Å²) >= 11 is 1.16. The Kier molecular flexibility index (Phi) is 4.31. The Morgan fingerprint density at radius 1 is 1.35 bits per heavy atom. The van der Waals surface area contributed by atoms with E-state index in [0.29, 0.717) is 10.7 Å². The molecule has 20 heavy (non-hydrogen) atoms. The average molecular weight is 291 g/mol. The summed E-state index contributed by atoms with van der Waals surface area (Å²) in [5.74, 6) is -1.02. The van der Waals surface area contributed by atoms with Crippen LogP contribution in [0.3, 0.4) is 0 Å². The zero-order valence-electron chi connectivity index (χ0n) is 10.7. The molecule has 0 spiro atoms. The molecule has 7 heteroatoms. The number of esters is 1. The fourth-order valence-electron chi connectivity index (χ4n) is 1.64. The topological polar surface area (TPSA) is 94.3 Å². The molecule has 0 saturated carbocycles. The molecule has 0 radical (unpaired) electrons. The van der Waals surface area contributed by atoms with E-state index in [0.717, 1.165) is 11.3 Å². The van der Waals surface area contributed by atoms with Crippen LogP contribution in [0.2, 0.25) is 0 Å². The lowest BCUT2D eigenvalue weighted by atomic mass is 10.1. The molecular formula is C13H13N3O3S. The number of thiazole rings is 1. The van der Waals surface area contributed by atoms with Crippen molar-refractivity contribution in [2.24, 2.45) is 0 Å². The van der Waals surface area contributed by atoms with E-state index in [2.05, 4.69) is 10.3 Å². The van der Waals surface area contributed by atoms with Crippen molar-refractivity contribution in [3.05, 3.63) is 47.0 Å². The lowest BCUT2D eigenvalue weighted by Crippen LogP contribution is -2.34. The third-order valence-corrected chi connectivity index (χ3v) is 3.27. The van der Waals surface area contributed by atoms with Crippen molar-refractivity contribution in [2.75, 3.05) is 12.8 Å². The van der Waals surface area contributed by atoms with Gasteiger partial charge in [-0.2, -0.15) is 0 Å². The predicted octanol–water partition coefficient (Wildman–Crippen LogP) is 1.37. The van der Waals surface area contributed by atoms with Gasteiger partial charge in [-0.1, -0.05) is 30.3 Å². The number of hydrogen-bond acceptors (Lipinski definition) is 6. The van der Waals surface area contributed by atoms with Crippen LogP contribution in [0.5, 0.6) is 0 Å².